The van der Waals surface area contributed by atoms with Crippen LogP contribution in [0.15, 0.2) is 0 Å². The third-order valence-electron chi connectivity index (χ3n) is 2.47. The second-order valence-corrected chi connectivity index (χ2v) is 4.31. The maximum atomic E-state index is 11.3. The Morgan fingerprint density at radius 2 is 2.31 bits per heavy atom. The lowest BCUT2D eigenvalue weighted by Crippen LogP contribution is -2.45. The van der Waals surface area contributed by atoms with Crippen LogP contribution < -0.4 is 5.32 Å². The number of likely N-dealkylation sites (tertiary alicyclic amines) is 1. The smallest absolute Gasteiger partial charge is 0.223 e. The summed E-state index contributed by atoms with van der Waals surface area (Å²) in [6.07, 6.45) is 1.76. The van der Waals surface area contributed by atoms with Gasteiger partial charge in [-0.2, -0.15) is 0 Å². The van der Waals surface area contributed by atoms with Crippen molar-refractivity contribution in [1.29, 1.82) is 0 Å². The molecule has 0 spiro atoms. The number of nitrogens with zero attached hydrogens (tertiary/aromatic N) is 1. The molecule has 0 bridgehead atoms. The Morgan fingerprint density at radius 1 is 1.62 bits per heavy atom. The van der Waals surface area contributed by atoms with Crippen LogP contribution in [0.1, 0.15) is 26.7 Å². The first-order chi connectivity index (χ1) is 6.09. The predicted molar refractivity (Wildman–Crippen MR) is 53.5 cm³/mol. The second-order valence-electron chi connectivity index (χ2n) is 4.31. The maximum absolute atomic E-state index is 11.3. The van der Waals surface area contributed by atoms with Crippen LogP contribution in [0, 0.1) is 5.92 Å². The molecule has 76 valence electrons. The summed E-state index contributed by atoms with van der Waals surface area (Å²) in [5, 5.41) is 3.42. The summed E-state index contributed by atoms with van der Waals surface area (Å²) >= 11 is 0. The Bertz CT molecular complexity index is 180. The molecule has 1 amide bonds. The fraction of sp³-hybridized carbons (Fsp3) is 0.900. The van der Waals surface area contributed by atoms with Crippen LogP contribution in [0.4, 0.5) is 0 Å². The van der Waals surface area contributed by atoms with Gasteiger partial charge >= 0.3 is 0 Å². The quantitative estimate of drug-likeness (QED) is 0.705. The largest absolute Gasteiger partial charge is 0.346 e. The topological polar surface area (TPSA) is 32.3 Å². The molecule has 1 fully saturated rings. The van der Waals surface area contributed by atoms with Gasteiger partial charge in [-0.15, -0.1) is 0 Å². The van der Waals surface area contributed by atoms with Gasteiger partial charge in [0.25, 0.3) is 0 Å². The van der Waals surface area contributed by atoms with Gasteiger partial charge in [0.2, 0.25) is 5.91 Å². The number of carbonyl (C=O) groups is 1. The van der Waals surface area contributed by atoms with Crippen LogP contribution in [0.5, 0.6) is 0 Å². The number of amides is 1. The summed E-state index contributed by atoms with van der Waals surface area (Å²) in [6, 6.07) is 0.408. The van der Waals surface area contributed by atoms with Crippen molar-refractivity contribution >= 4 is 5.91 Å². The average Bonchev–Trinajstić information content (AvgIpc) is 2.07. The summed E-state index contributed by atoms with van der Waals surface area (Å²) in [5.41, 5.74) is 0. The first kappa shape index (κ1) is 10.5. The zero-order valence-corrected chi connectivity index (χ0v) is 8.84. The summed E-state index contributed by atoms with van der Waals surface area (Å²) in [5.74, 6) is 0.933. The monoisotopic (exact) mass is 184 g/mol. The fourth-order valence-electron chi connectivity index (χ4n) is 1.52. The normalized spacial score (nSPS) is 24.2. The zero-order chi connectivity index (χ0) is 9.84. The molecule has 1 saturated heterocycles. The van der Waals surface area contributed by atoms with Crippen molar-refractivity contribution in [3.8, 4) is 0 Å². The standard InChI is InChI=1S/C10H20N2O/c1-8(2)7-11-9-4-5-12(3)10(13)6-9/h8-9,11H,4-7H2,1-3H3/t9-/m1/s1. The summed E-state index contributed by atoms with van der Waals surface area (Å²) in [6.45, 7) is 6.28. The van der Waals surface area contributed by atoms with Gasteiger partial charge in [-0.05, 0) is 18.9 Å². The molecule has 0 radical (unpaired) electrons. The highest BCUT2D eigenvalue weighted by atomic mass is 16.2. The molecular formula is C10H20N2O. The van der Waals surface area contributed by atoms with E-state index in [0.29, 0.717) is 18.4 Å². The lowest BCUT2D eigenvalue weighted by molar-refractivity contribution is -0.132. The summed E-state index contributed by atoms with van der Waals surface area (Å²) in [7, 11) is 1.88. The minimum absolute atomic E-state index is 0.271. The molecule has 0 aromatic heterocycles. The maximum Gasteiger partial charge on any atom is 0.223 e. The van der Waals surface area contributed by atoms with E-state index in [2.05, 4.69) is 19.2 Å². The Morgan fingerprint density at radius 3 is 2.85 bits per heavy atom. The highest BCUT2D eigenvalue weighted by Crippen LogP contribution is 2.09. The van der Waals surface area contributed by atoms with E-state index in [-0.39, 0.29) is 5.91 Å². The number of piperidine rings is 1. The van der Waals surface area contributed by atoms with Gasteiger partial charge in [0.15, 0.2) is 0 Å². The molecule has 13 heavy (non-hydrogen) atoms. The van der Waals surface area contributed by atoms with Crippen molar-refractivity contribution in [3.05, 3.63) is 0 Å². The lowest BCUT2D eigenvalue weighted by Gasteiger charge is -2.29. The highest BCUT2D eigenvalue weighted by molar-refractivity contribution is 5.77. The van der Waals surface area contributed by atoms with E-state index in [1.54, 1.807) is 0 Å². The first-order valence-corrected chi connectivity index (χ1v) is 5.07. The molecule has 3 nitrogen and oxygen atoms in total. The lowest BCUT2D eigenvalue weighted by atomic mass is 10.0. The van der Waals surface area contributed by atoms with Crippen LogP contribution in [0.25, 0.3) is 0 Å². The first-order valence-electron chi connectivity index (χ1n) is 5.07. The van der Waals surface area contributed by atoms with Crippen LogP contribution in [-0.2, 0) is 4.79 Å². The highest BCUT2D eigenvalue weighted by Gasteiger charge is 2.22. The third-order valence-corrected chi connectivity index (χ3v) is 2.47. The molecule has 1 heterocycles. The van der Waals surface area contributed by atoms with E-state index in [1.165, 1.54) is 0 Å². The molecular weight excluding hydrogens is 164 g/mol. The number of hydrogen-bond donors (Lipinski definition) is 1. The number of rotatable bonds is 3. The Hall–Kier alpha value is -0.570. The molecule has 0 unspecified atom stereocenters. The Kier molecular flexibility index (Phi) is 3.72. The van der Waals surface area contributed by atoms with Crippen LogP contribution >= 0.6 is 0 Å². The van der Waals surface area contributed by atoms with E-state index >= 15 is 0 Å². The van der Waals surface area contributed by atoms with Crippen LogP contribution in [-0.4, -0.2) is 37.0 Å². The van der Waals surface area contributed by atoms with Gasteiger partial charge in [-0.25, -0.2) is 0 Å². The molecule has 1 aliphatic rings. The van der Waals surface area contributed by atoms with E-state index < -0.39 is 0 Å². The molecule has 1 atom stereocenters. The third kappa shape index (κ3) is 3.35. The molecule has 0 aromatic rings. The SMILES string of the molecule is CC(C)CN[C@@H]1CCN(C)C(=O)C1. The minimum atomic E-state index is 0.271. The molecule has 0 aromatic carbocycles. The van der Waals surface area contributed by atoms with Crippen LogP contribution in [0.2, 0.25) is 0 Å². The van der Waals surface area contributed by atoms with Crippen LogP contribution in [0.3, 0.4) is 0 Å². The number of hydrogen-bond acceptors (Lipinski definition) is 2. The second kappa shape index (κ2) is 4.61. The Labute approximate surface area is 80.5 Å². The van der Waals surface area contributed by atoms with E-state index in [9.17, 15) is 4.79 Å². The van der Waals surface area contributed by atoms with Crippen molar-refractivity contribution in [1.82, 2.24) is 10.2 Å². The summed E-state index contributed by atoms with van der Waals surface area (Å²) < 4.78 is 0. The van der Waals surface area contributed by atoms with Gasteiger partial charge in [-0.3, -0.25) is 4.79 Å². The zero-order valence-electron chi connectivity index (χ0n) is 8.84. The molecule has 3 heteroatoms. The van der Waals surface area contributed by atoms with Crippen molar-refractivity contribution in [2.45, 2.75) is 32.7 Å². The van der Waals surface area contributed by atoms with Gasteiger partial charge in [0.1, 0.15) is 0 Å². The molecule has 1 aliphatic heterocycles. The van der Waals surface area contributed by atoms with Gasteiger partial charge < -0.3 is 10.2 Å². The molecule has 0 saturated carbocycles. The number of carbonyl (C=O) groups excluding carboxylic acids is 1. The van der Waals surface area contributed by atoms with Gasteiger partial charge in [0.05, 0.1) is 0 Å². The molecule has 1 rings (SSSR count). The summed E-state index contributed by atoms with van der Waals surface area (Å²) in [4.78, 5) is 13.1. The van der Waals surface area contributed by atoms with E-state index in [1.807, 2.05) is 11.9 Å². The number of nitrogens with one attached hydrogen (secondary N) is 1. The molecule has 1 N–H and O–H groups in total. The van der Waals surface area contributed by atoms with Crippen molar-refractivity contribution < 1.29 is 4.79 Å². The van der Waals surface area contributed by atoms with E-state index in [4.69, 9.17) is 0 Å². The van der Waals surface area contributed by atoms with Crippen molar-refractivity contribution in [2.24, 2.45) is 5.92 Å². The van der Waals surface area contributed by atoms with Crippen molar-refractivity contribution in [3.63, 3.8) is 0 Å². The fourth-order valence-corrected chi connectivity index (χ4v) is 1.52. The minimum Gasteiger partial charge on any atom is -0.346 e. The van der Waals surface area contributed by atoms with Gasteiger partial charge in [0, 0.05) is 26.1 Å². The van der Waals surface area contributed by atoms with Gasteiger partial charge in [-0.1, -0.05) is 13.8 Å². The van der Waals surface area contributed by atoms with Crippen molar-refractivity contribution in [2.75, 3.05) is 20.1 Å². The Balaban J connectivity index is 2.25. The van der Waals surface area contributed by atoms with E-state index in [0.717, 1.165) is 19.5 Å². The molecule has 0 aliphatic carbocycles. The average molecular weight is 184 g/mol. The predicted octanol–water partition coefficient (Wildman–Crippen LogP) is 0.853.